The molecule has 0 aliphatic carbocycles. The molecule has 1 saturated heterocycles. The zero-order chi connectivity index (χ0) is 24.6. The lowest BCUT2D eigenvalue weighted by molar-refractivity contribution is 0.0991. The van der Waals surface area contributed by atoms with Gasteiger partial charge in [-0.2, -0.15) is 10.2 Å². The highest BCUT2D eigenvalue weighted by molar-refractivity contribution is 5.98. The summed E-state index contributed by atoms with van der Waals surface area (Å²) in [7, 11) is 2.12. The predicted molar refractivity (Wildman–Crippen MR) is 141 cm³/mol. The zero-order valence-electron chi connectivity index (χ0n) is 20.4. The third kappa shape index (κ3) is 4.31. The zero-order valence-corrected chi connectivity index (χ0v) is 20.4. The van der Waals surface area contributed by atoms with Crippen molar-refractivity contribution < 1.29 is 4.79 Å². The molecule has 0 radical (unpaired) electrons. The largest absolute Gasteiger partial charge is 0.354 e. The molecule has 1 aromatic carbocycles. The number of hydrogen-bond acceptors (Lipinski definition) is 7. The highest BCUT2D eigenvalue weighted by Crippen LogP contribution is 2.27. The van der Waals surface area contributed by atoms with Crippen LogP contribution >= 0.6 is 0 Å². The Balaban J connectivity index is 1.24. The molecule has 0 saturated carbocycles. The van der Waals surface area contributed by atoms with Crippen molar-refractivity contribution >= 4 is 33.5 Å². The Morgan fingerprint density at radius 2 is 1.83 bits per heavy atom. The molecule has 6 rings (SSSR count). The molecule has 1 fully saturated rings. The molecule has 1 N–H and O–H groups in total. The van der Waals surface area contributed by atoms with Gasteiger partial charge in [0, 0.05) is 66.7 Å². The molecule has 0 amide bonds. The molecule has 5 heterocycles. The molecule has 0 spiro atoms. The number of H-pyrrole nitrogens is 1. The first-order valence-electron chi connectivity index (χ1n) is 12.2. The van der Waals surface area contributed by atoms with Crippen LogP contribution in [0.15, 0.2) is 61.1 Å². The number of rotatable bonds is 5. The van der Waals surface area contributed by atoms with E-state index >= 15 is 0 Å². The minimum Gasteiger partial charge on any atom is -0.354 e. The second kappa shape index (κ2) is 9.13. The number of aromatic amines is 1. The van der Waals surface area contributed by atoms with E-state index in [4.69, 9.17) is 0 Å². The summed E-state index contributed by atoms with van der Waals surface area (Å²) in [6, 6.07) is 13.9. The number of fused-ring (bicyclic) bond motifs is 2. The first kappa shape index (κ1) is 22.3. The van der Waals surface area contributed by atoms with Gasteiger partial charge in [0.25, 0.3) is 0 Å². The van der Waals surface area contributed by atoms with Gasteiger partial charge in [-0.25, -0.2) is 9.97 Å². The number of aryl methyl sites for hydroxylation is 1. The lowest BCUT2D eigenvalue weighted by Crippen LogP contribution is -2.44. The molecule has 1 aliphatic rings. The third-order valence-corrected chi connectivity index (χ3v) is 6.94. The molecule has 8 nitrogen and oxygen atoms in total. The fourth-order valence-electron chi connectivity index (χ4n) is 4.71. The van der Waals surface area contributed by atoms with Crippen molar-refractivity contribution in [1.82, 2.24) is 30.0 Å². The fraction of sp³-hybridized carbons (Fsp3) is 0.250. The number of pyridine rings is 2. The summed E-state index contributed by atoms with van der Waals surface area (Å²) in [5, 5.41) is 10.7. The van der Waals surface area contributed by atoms with Crippen molar-refractivity contribution in [2.24, 2.45) is 0 Å². The quantitative estimate of drug-likeness (QED) is 0.382. The number of aromatic nitrogens is 5. The Kier molecular flexibility index (Phi) is 5.65. The molecule has 4 aromatic heterocycles. The molecule has 36 heavy (non-hydrogen) atoms. The van der Waals surface area contributed by atoms with Crippen LogP contribution in [0, 0.1) is 6.92 Å². The van der Waals surface area contributed by atoms with E-state index in [2.05, 4.69) is 61.1 Å². The molecular weight excluding hydrogens is 450 g/mol. The van der Waals surface area contributed by atoms with E-state index in [1.54, 1.807) is 12.3 Å². The van der Waals surface area contributed by atoms with Crippen molar-refractivity contribution in [1.29, 1.82) is 0 Å². The lowest BCUT2D eigenvalue weighted by atomic mass is 10.0. The number of anilines is 1. The van der Waals surface area contributed by atoms with Crippen molar-refractivity contribution in [3.8, 4) is 11.1 Å². The number of benzene rings is 1. The van der Waals surface area contributed by atoms with Gasteiger partial charge in [-0.15, -0.1) is 0 Å². The molecule has 180 valence electrons. The molecule has 0 atom stereocenters. The van der Waals surface area contributed by atoms with Crippen LogP contribution in [0.1, 0.15) is 21.6 Å². The van der Waals surface area contributed by atoms with E-state index in [-0.39, 0.29) is 12.2 Å². The van der Waals surface area contributed by atoms with Gasteiger partial charge in [-0.1, -0.05) is 6.07 Å². The summed E-state index contributed by atoms with van der Waals surface area (Å²) >= 11 is 0. The standard InChI is InChI=1S/C28H27N7O/c1-18-16-30-28-24(18)13-22(17-31-28)19-3-4-25-21(11-19)12-23(32-33-25)15-26(36)20-5-6-29-27(14-20)35-9-7-34(2)8-10-35/h3-6,11-14,16-17H,7-10,15H2,1-2H3,(H,30,31). The number of hydrogen-bond donors (Lipinski definition) is 1. The average molecular weight is 478 g/mol. The van der Waals surface area contributed by atoms with E-state index in [0.717, 1.165) is 65.1 Å². The third-order valence-electron chi connectivity index (χ3n) is 6.94. The molecule has 1 aliphatic heterocycles. The Hall–Kier alpha value is -4.17. The molecule has 0 unspecified atom stereocenters. The number of ketones is 1. The van der Waals surface area contributed by atoms with Crippen LogP contribution in [0.3, 0.4) is 0 Å². The maximum Gasteiger partial charge on any atom is 0.169 e. The maximum absolute atomic E-state index is 13.1. The van der Waals surface area contributed by atoms with Crippen molar-refractivity contribution in [2.45, 2.75) is 13.3 Å². The minimum atomic E-state index is 0.00941. The summed E-state index contributed by atoms with van der Waals surface area (Å²) < 4.78 is 0. The molecular formula is C28H27N7O. The molecule has 0 bridgehead atoms. The first-order chi connectivity index (χ1) is 17.5. The average Bonchev–Trinajstić information content (AvgIpc) is 3.28. The van der Waals surface area contributed by atoms with Crippen LogP contribution < -0.4 is 4.90 Å². The van der Waals surface area contributed by atoms with E-state index in [1.165, 1.54) is 5.56 Å². The van der Waals surface area contributed by atoms with Crippen LogP contribution in [0.25, 0.3) is 33.1 Å². The number of carbonyl (C=O) groups excluding carboxylic acids is 1. The van der Waals surface area contributed by atoms with Crippen LogP contribution in [-0.4, -0.2) is 69.1 Å². The lowest BCUT2D eigenvalue weighted by Gasteiger charge is -2.33. The molecule has 5 aromatic rings. The van der Waals surface area contributed by atoms with Gasteiger partial charge in [0.1, 0.15) is 11.5 Å². The van der Waals surface area contributed by atoms with Crippen molar-refractivity contribution in [3.63, 3.8) is 0 Å². The second-order valence-electron chi connectivity index (χ2n) is 9.49. The van der Waals surface area contributed by atoms with Gasteiger partial charge in [0.2, 0.25) is 0 Å². The summed E-state index contributed by atoms with van der Waals surface area (Å²) in [6.07, 6.45) is 5.75. The Labute approximate surface area is 209 Å². The van der Waals surface area contributed by atoms with Gasteiger partial charge < -0.3 is 14.8 Å². The maximum atomic E-state index is 13.1. The van der Waals surface area contributed by atoms with Gasteiger partial charge in [0.15, 0.2) is 5.78 Å². The number of piperazine rings is 1. The highest BCUT2D eigenvalue weighted by atomic mass is 16.1. The summed E-state index contributed by atoms with van der Waals surface area (Å²) in [6.45, 7) is 5.87. The number of nitrogens with one attached hydrogen (secondary N) is 1. The summed E-state index contributed by atoms with van der Waals surface area (Å²) in [5.41, 5.74) is 6.23. The number of carbonyl (C=O) groups is 1. The minimum absolute atomic E-state index is 0.00941. The van der Waals surface area contributed by atoms with E-state index < -0.39 is 0 Å². The van der Waals surface area contributed by atoms with Gasteiger partial charge >= 0.3 is 0 Å². The smallest absolute Gasteiger partial charge is 0.169 e. The van der Waals surface area contributed by atoms with Crippen LogP contribution in [0.2, 0.25) is 0 Å². The van der Waals surface area contributed by atoms with Crippen molar-refractivity contribution in [2.75, 3.05) is 38.1 Å². The Morgan fingerprint density at radius 3 is 2.69 bits per heavy atom. The van der Waals surface area contributed by atoms with Crippen LogP contribution in [-0.2, 0) is 6.42 Å². The summed E-state index contributed by atoms with van der Waals surface area (Å²) in [4.78, 5) is 29.9. The Morgan fingerprint density at radius 1 is 0.972 bits per heavy atom. The number of nitrogens with zero attached hydrogens (tertiary/aromatic N) is 6. The van der Waals surface area contributed by atoms with E-state index in [0.29, 0.717) is 11.3 Å². The predicted octanol–water partition coefficient (Wildman–Crippen LogP) is 4.05. The van der Waals surface area contributed by atoms with Crippen LogP contribution in [0.5, 0.6) is 0 Å². The van der Waals surface area contributed by atoms with Gasteiger partial charge in [-0.3, -0.25) is 4.79 Å². The van der Waals surface area contributed by atoms with E-state index in [1.807, 2.05) is 36.7 Å². The van der Waals surface area contributed by atoms with Crippen molar-refractivity contribution in [3.05, 3.63) is 77.9 Å². The number of likely N-dealkylation sites (N-methyl/N-ethyl adjacent to an activating group) is 1. The topological polar surface area (TPSA) is 90.9 Å². The highest BCUT2D eigenvalue weighted by Gasteiger charge is 2.17. The van der Waals surface area contributed by atoms with Gasteiger partial charge in [0.05, 0.1) is 17.6 Å². The van der Waals surface area contributed by atoms with Crippen LogP contribution in [0.4, 0.5) is 5.82 Å². The first-order valence-corrected chi connectivity index (χ1v) is 12.2. The molecule has 8 heteroatoms. The SMILES string of the molecule is Cc1c[nH]c2ncc(-c3ccc4nnc(CC(=O)c5ccnc(N6CCN(C)CC6)c5)cc4c3)cc12. The number of Topliss-reactive ketones (excluding diaryl/α,β-unsaturated/α-hetero) is 1. The second-order valence-corrected chi connectivity index (χ2v) is 9.49. The Bertz CT molecular complexity index is 1580. The van der Waals surface area contributed by atoms with E-state index in [9.17, 15) is 4.79 Å². The summed E-state index contributed by atoms with van der Waals surface area (Å²) in [5.74, 6) is 0.863. The normalized spacial score (nSPS) is 14.6. The fourth-order valence-corrected chi connectivity index (χ4v) is 4.71. The van der Waals surface area contributed by atoms with Gasteiger partial charge in [-0.05, 0) is 61.5 Å². The monoisotopic (exact) mass is 477 g/mol.